The van der Waals surface area contributed by atoms with Crippen molar-refractivity contribution in [2.45, 2.75) is 32.9 Å². The molecule has 118 valence electrons. The van der Waals surface area contributed by atoms with Crippen molar-refractivity contribution < 1.29 is 4.79 Å². The van der Waals surface area contributed by atoms with Crippen LogP contribution in [-0.2, 0) is 6.54 Å². The molecule has 1 rings (SSSR count). The highest BCUT2D eigenvalue weighted by molar-refractivity contribution is 14.0. The molecule has 6 heteroatoms. The lowest BCUT2D eigenvalue weighted by Gasteiger charge is -2.20. The first-order valence-corrected chi connectivity index (χ1v) is 6.65. The molecule has 0 unspecified atom stereocenters. The maximum absolute atomic E-state index is 12.1. The third kappa shape index (κ3) is 7.31. The maximum Gasteiger partial charge on any atom is 0.251 e. The van der Waals surface area contributed by atoms with E-state index in [4.69, 9.17) is 0 Å². The van der Waals surface area contributed by atoms with Crippen molar-refractivity contribution >= 4 is 35.8 Å². The van der Waals surface area contributed by atoms with Gasteiger partial charge in [0.2, 0.25) is 0 Å². The van der Waals surface area contributed by atoms with E-state index in [1.165, 1.54) is 0 Å². The summed E-state index contributed by atoms with van der Waals surface area (Å²) in [6.07, 6.45) is 0. The molecule has 1 amide bonds. The summed E-state index contributed by atoms with van der Waals surface area (Å²) in [6, 6.07) is 7.56. The van der Waals surface area contributed by atoms with Gasteiger partial charge in [-0.25, -0.2) is 0 Å². The van der Waals surface area contributed by atoms with Crippen LogP contribution >= 0.6 is 24.0 Å². The highest BCUT2D eigenvalue weighted by atomic mass is 127. The number of carbonyl (C=O) groups is 1. The molecule has 0 saturated carbocycles. The van der Waals surface area contributed by atoms with Crippen molar-refractivity contribution in [2.24, 2.45) is 4.99 Å². The predicted molar refractivity (Wildman–Crippen MR) is 98.3 cm³/mol. The Kier molecular flexibility index (Phi) is 8.31. The summed E-state index contributed by atoms with van der Waals surface area (Å²) in [5, 5.41) is 9.06. The molecule has 0 atom stereocenters. The van der Waals surface area contributed by atoms with Gasteiger partial charge in [-0.1, -0.05) is 12.1 Å². The third-order valence-electron chi connectivity index (χ3n) is 2.60. The molecule has 21 heavy (non-hydrogen) atoms. The molecule has 5 nitrogen and oxygen atoms in total. The largest absolute Gasteiger partial charge is 0.359 e. The van der Waals surface area contributed by atoms with Gasteiger partial charge in [-0.05, 0) is 38.5 Å². The van der Waals surface area contributed by atoms with Gasteiger partial charge in [0.05, 0.1) is 0 Å². The Balaban J connectivity index is 0.00000400. The Bertz CT molecular complexity index is 495. The molecule has 1 aromatic rings. The second kappa shape index (κ2) is 8.86. The van der Waals surface area contributed by atoms with Gasteiger partial charge in [0.15, 0.2) is 5.96 Å². The minimum Gasteiger partial charge on any atom is -0.359 e. The van der Waals surface area contributed by atoms with Crippen LogP contribution in [0.15, 0.2) is 29.3 Å². The molecule has 1 aromatic carbocycles. The van der Waals surface area contributed by atoms with Crippen LogP contribution in [-0.4, -0.2) is 31.5 Å². The molecule has 0 fully saturated rings. The van der Waals surface area contributed by atoms with E-state index in [2.05, 4.69) is 20.9 Å². The normalized spacial score (nSPS) is 11.4. The lowest BCUT2D eigenvalue weighted by molar-refractivity contribution is 0.0919. The molecule has 0 heterocycles. The highest BCUT2D eigenvalue weighted by Gasteiger charge is 2.15. The summed E-state index contributed by atoms with van der Waals surface area (Å²) >= 11 is 0. The Morgan fingerprint density at radius 3 is 2.48 bits per heavy atom. The van der Waals surface area contributed by atoms with Gasteiger partial charge in [0.25, 0.3) is 5.91 Å². The molecule has 0 spiro atoms. The lowest BCUT2D eigenvalue weighted by atomic mass is 10.1. The fourth-order valence-electron chi connectivity index (χ4n) is 1.70. The number of halogens is 1. The number of hydrogen-bond donors (Lipinski definition) is 3. The molecular formula is C15H25IN4O. The molecular weight excluding hydrogens is 379 g/mol. The number of carbonyl (C=O) groups excluding carboxylic acids is 1. The van der Waals surface area contributed by atoms with Crippen LogP contribution in [0.2, 0.25) is 0 Å². The molecule has 0 bridgehead atoms. The summed E-state index contributed by atoms with van der Waals surface area (Å²) in [5.41, 5.74) is 1.46. The number of nitrogens with zero attached hydrogens (tertiary/aromatic N) is 1. The van der Waals surface area contributed by atoms with Gasteiger partial charge in [-0.3, -0.25) is 9.79 Å². The zero-order valence-electron chi connectivity index (χ0n) is 13.3. The van der Waals surface area contributed by atoms with Crippen LogP contribution in [0.1, 0.15) is 36.7 Å². The predicted octanol–water partition coefficient (Wildman–Crippen LogP) is 2.13. The molecule has 0 aromatic heterocycles. The number of benzene rings is 1. The van der Waals surface area contributed by atoms with E-state index < -0.39 is 0 Å². The van der Waals surface area contributed by atoms with Crippen LogP contribution in [0.5, 0.6) is 0 Å². The second-order valence-electron chi connectivity index (χ2n) is 5.58. The highest BCUT2D eigenvalue weighted by Crippen LogP contribution is 2.08. The summed E-state index contributed by atoms with van der Waals surface area (Å²) in [5.74, 6) is 0.659. The summed E-state index contributed by atoms with van der Waals surface area (Å²) < 4.78 is 0. The lowest BCUT2D eigenvalue weighted by Crippen LogP contribution is -2.40. The standard InChI is InChI=1S/C15H24N4O.HI/c1-15(2,3)19-13(20)12-8-6-7-11(9-12)10-18-14(16-4)17-5;/h6-9H,10H2,1-5H3,(H,19,20)(H2,16,17,18);1H. The first kappa shape index (κ1) is 19.7. The minimum absolute atomic E-state index is 0. The maximum atomic E-state index is 12.1. The van der Waals surface area contributed by atoms with E-state index in [0.29, 0.717) is 12.1 Å². The Labute approximate surface area is 144 Å². The van der Waals surface area contributed by atoms with Gasteiger partial charge in [0.1, 0.15) is 0 Å². The number of rotatable bonds is 3. The number of nitrogens with one attached hydrogen (secondary N) is 3. The van der Waals surface area contributed by atoms with Crippen molar-refractivity contribution in [1.82, 2.24) is 16.0 Å². The van der Waals surface area contributed by atoms with Crippen molar-refractivity contribution in [3.63, 3.8) is 0 Å². The SMILES string of the molecule is CN=C(NC)NCc1cccc(C(=O)NC(C)(C)C)c1.I. The first-order valence-electron chi connectivity index (χ1n) is 6.65. The summed E-state index contributed by atoms with van der Waals surface area (Å²) in [7, 11) is 3.52. The van der Waals surface area contributed by atoms with Crippen LogP contribution in [0.25, 0.3) is 0 Å². The van der Waals surface area contributed by atoms with Crippen LogP contribution < -0.4 is 16.0 Å². The van der Waals surface area contributed by atoms with E-state index in [0.717, 1.165) is 11.5 Å². The van der Waals surface area contributed by atoms with Crippen LogP contribution in [0.4, 0.5) is 0 Å². The molecule has 0 saturated heterocycles. The van der Waals surface area contributed by atoms with Gasteiger partial charge in [-0.2, -0.15) is 0 Å². The Morgan fingerprint density at radius 1 is 1.29 bits per heavy atom. The van der Waals surface area contributed by atoms with Gasteiger partial charge in [-0.15, -0.1) is 24.0 Å². The van der Waals surface area contributed by atoms with Crippen LogP contribution in [0, 0.1) is 0 Å². The number of amides is 1. The summed E-state index contributed by atoms with van der Waals surface area (Å²) in [4.78, 5) is 16.1. The van der Waals surface area contributed by atoms with Gasteiger partial charge >= 0.3 is 0 Å². The van der Waals surface area contributed by atoms with E-state index in [1.807, 2.05) is 52.1 Å². The fourth-order valence-corrected chi connectivity index (χ4v) is 1.70. The van der Waals surface area contributed by atoms with Crippen molar-refractivity contribution in [3.8, 4) is 0 Å². The molecule has 0 radical (unpaired) electrons. The smallest absolute Gasteiger partial charge is 0.251 e. The Hall–Kier alpha value is -1.31. The quantitative estimate of drug-likeness (QED) is 0.411. The van der Waals surface area contributed by atoms with E-state index >= 15 is 0 Å². The van der Waals surface area contributed by atoms with Gasteiger partial charge in [0, 0.05) is 31.7 Å². The van der Waals surface area contributed by atoms with Crippen molar-refractivity contribution in [3.05, 3.63) is 35.4 Å². The zero-order chi connectivity index (χ0) is 15.2. The second-order valence-corrected chi connectivity index (χ2v) is 5.58. The van der Waals surface area contributed by atoms with E-state index in [9.17, 15) is 4.79 Å². The number of aliphatic imine (C=N–C) groups is 1. The third-order valence-corrected chi connectivity index (χ3v) is 2.60. The molecule has 0 aliphatic heterocycles. The molecule has 0 aliphatic rings. The van der Waals surface area contributed by atoms with E-state index in [1.54, 1.807) is 7.05 Å². The van der Waals surface area contributed by atoms with Crippen LogP contribution in [0.3, 0.4) is 0 Å². The van der Waals surface area contributed by atoms with Crippen molar-refractivity contribution in [2.75, 3.05) is 14.1 Å². The minimum atomic E-state index is -0.237. The van der Waals surface area contributed by atoms with E-state index in [-0.39, 0.29) is 35.4 Å². The fraction of sp³-hybridized carbons (Fsp3) is 0.467. The topological polar surface area (TPSA) is 65.5 Å². The number of hydrogen-bond acceptors (Lipinski definition) is 2. The summed E-state index contributed by atoms with van der Waals surface area (Å²) in [6.45, 7) is 6.51. The number of guanidine groups is 1. The van der Waals surface area contributed by atoms with Crippen molar-refractivity contribution in [1.29, 1.82) is 0 Å². The average molecular weight is 404 g/mol. The zero-order valence-corrected chi connectivity index (χ0v) is 15.6. The molecule has 3 N–H and O–H groups in total. The first-order chi connectivity index (χ1) is 9.35. The van der Waals surface area contributed by atoms with Gasteiger partial charge < -0.3 is 16.0 Å². The Morgan fingerprint density at radius 2 is 1.95 bits per heavy atom. The molecule has 0 aliphatic carbocycles. The average Bonchev–Trinajstić information content (AvgIpc) is 2.38. The monoisotopic (exact) mass is 404 g/mol.